The van der Waals surface area contributed by atoms with Gasteiger partial charge in [-0.3, -0.25) is 0 Å². The van der Waals surface area contributed by atoms with Crippen molar-refractivity contribution in [2.75, 3.05) is 0 Å². The van der Waals surface area contributed by atoms with Gasteiger partial charge in [0.2, 0.25) is 0 Å². The maximum atomic E-state index is 2.76. The third kappa shape index (κ3) is 2.01. The molecule has 208 valence electrons. The Hall–Kier alpha value is 0. The summed E-state index contributed by atoms with van der Waals surface area (Å²) in [6, 6.07) is 0. The molecule has 0 aromatic heterocycles. The van der Waals surface area contributed by atoms with Gasteiger partial charge in [-0.25, -0.2) is 0 Å². The summed E-state index contributed by atoms with van der Waals surface area (Å²) in [4.78, 5) is 0. The van der Waals surface area contributed by atoms with E-state index in [4.69, 9.17) is 0 Å². The maximum absolute atomic E-state index is 2.76. The zero-order valence-electron chi connectivity index (χ0n) is 27.1. The Morgan fingerprint density at radius 1 is 0.432 bits per heavy atom. The van der Waals surface area contributed by atoms with Gasteiger partial charge in [0, 0.05) is 0 Å². The molecule has 8 aliphatic carbocycles. The molecule has 0 saturated heterocycles. The average Bonchev–Trinajstić information content (AvgIpc) is 3.42. The van der Waals surface area contributed by atoms with Crippen LogP contribution in [0.15, 0.2) is 0 Å². The first kappa shape index (κ1) is 24.8. The summed E-state index contributed by atoms with van der Waals surface area (Å²) in [5, 5.41) is 0. The molecule has 37 heavy (non-hydrogen) atoms. The van der Waals surface area contributed by atoms with Crippen molar-refractivity contribution in [1.29, 1.82) is 0 Å². The second-order valence-corrected chi connectivity index (χ2v) is 20.6. The van der Waals surface area contributed by atoms with Crippen molar-refractivity contribution in [3.63, 3.8) is 0 Å². The highest BCUT2D eigenvalue weighted by atomic mass is 15.0. The van der Waals surface area contributed by atoms with Crippen LogP contribution in [0.2, 0.25) is 0 Å². The van der Waals surface area contributed by atoms with Crippen molar-refractivity contribution in [1.82, 2.24) is 0 Å². The second kappa shape index (κ2) is 5.44. The minimum Gasteiger partial charge on any atom is -0.0622 e. The highest BCUT2D eigenvalue weighted by molar-refractivity contribution is 5.45. The molecule has 0 radical (unpaired) electrons. The molecular weight excluding hydrogens is 444 g/mol. The van der Waals surface area contributed by atoms with E-state index < -0.39 is 0 Å². The summed E-state index contributed by atoms with van der Waals surface area (Å²) in [6.45, 7) is 34.5. The summed E-state index contributed by atoms with van der Waals surface area (Å²) < 4.78 is 0. The molecule has 8 saturated carbocycles. The molecule has 2 spiro atoms. The summed E-state index contributed by atoms with van der Waals surface area (Å²) in [5.41, 5.74) is 7.34. The normalized spacial score (nSPS) is 73.1. The lowest BCUT2D eigenvalue weighted by atomic mass is 9.57. The fourth-order valence-corrected chi connectivity index (χ4v) is 15.0. The van der Waals surface area contributed by atoms with Crippen LogP contribution in [-0.2, 0) is 0 Å². The van der Waals surface area contributed by atoms with Crippen molar-refractivity contribution in [3.8, 4) is 0 Å². The first-order chi connectivity index (χ1) is 16.6. The Morgan fingerprint density at radius 3 is 1.35 bits per heavy atom. The molecular formula is C37H60. The van der Waals surface area contributed by atoms with Crippen LogP contribution in [0.4, 0.5) is 0 Å². The topological polar surface area (TPSA) is 0 Å². The van der Waals surface area contributed by atoms with Gasteiger partial charge in [0.15, 0.2) is 0 Å². The van der Waals surface area contributed by atoms with Gasteiger partial charge in [0.1, 0.15) is 0 Å². The molecule has 0 N–H and O–H groups in total. The van der Waals surface area contributed by atoms with E-state index >= 15 is 0 Å². The molecule has 0 nitrogen and oxygen atoms in total. The van der Waals surface area contributed by atoms with Gasteiger partial charge in [-0.05, 0) is 141 Å². The van der Waals surface area contributed by atoms with Crippen molar-refractivity contribution in [2.45, 2.75) is 148 Å². The van der Waals surface area contributed by atoms with Gasteiger partial charge in [0.25, 0.3) is 0 Å². The van der Waals surface area contributed by atoms with E-state index in [2.05, 4.69) is 90.0 Å². The van der Waals surface area contributed by atoms with Gasteiger partial charge >= 0.3 is 0 Å². The molecule has 0 aromatic carbocycles. The standard InChI is InChI=1S/C37H60/c1-23(2)27(5)18-36(27)22-37(36)19-29(37,7)25-14-24(15-25)28(6)17-31(28,9)33(11)21-35(33,13)34(12)20-32(34,10)30(8)16-26(30,3)4/h23-25H,14-22H2,1-13H3. The van der Waals surface area contributed by atoms with Crippen molar-refractivity contribution in [3.05, 3.63) is 0 Å². The molecule has 8 aliphatic rings. The highest BCUT2D eigenvalue weighted by Crippen LogP contribution is 3.04. The monoisotopic (exact) mass is 504 g/mol. The van der Waals surface area contributed by atoms with Crippen LogP contribution in [0.3, 0.4) is 0 Å². The van der Waals surface area contributed by atoms with Crippen LogP contribution in [0, 0.1) is 82.7 Å². The van der Waals surface area contributed by atoms with Gasteiger partial charge in [-0.15, -0.1) is 0 Å². The van der Waals surface area contributed by atoms with Gasteiger partial charge in [-0.2, -0.15) is 0 Å². The minimum atomic E-state index is 0.534. The molecule has 0 heterocycles. The predicted octanol–water partition coefficient (Wildman–Crippen LogP) is 10.6. The van der Waals surface area contributed by atoms with E-state index in [0.29, 0.717) is 54.1 Å². The fourth-order valence-electron chi connectivity index (χ4n) is 15.0. The molecule has 11 atom stereocenters. The van der Waals surface area contributed by atoms with E-state index in [1.54, 1.807) is 32.1 Å². The Balaban J connectivity index is 0.964. The summed E-state index contributed by atoms with van der Waals surface area (Å²) in [7, 11) is 0. The zero-order chi connectivity index (χ0) is 27.1. The Morgan fingerprint density at radius 2 is 0.892 bits per heavy atom. The van der Waals surface area contributed by atoms with Crippen LogP contribution in [-0.4, -0.2) is 0 Å². The maximum Gasteiger partial charge on any atom is -0.0167 e. The van der Waals surface area contributed by atoms with E-state index in [1.807, 2.05) is 0 Å². The minimum absolute atomic E-state index is 0.534. The smallest absolute Gasteiger partial charge is 0.0167 e. The lowest BCUT2D eigenvalue weighted by molar-refractivity contribution is 0.0151. The Kier molecular flexibility index (Phi) is 3.64. The van der Waals surface area contributed by atoms with Crippen LogP contribution in [0.1, 0.15) is 148 Å². The first-order valence-corrected chi connectivity index (χ1v) is 16.6. The van der Waals surface area contributed by atoms with Crippen LogP contribution in [0.25, 0.3) is 0 Å². The number of hydrogen-bond donors (Lipinski definition) is 0. The molecule has 8 fully saturated rings. The Labute approximate surface area is 230 Å². The predicted molar refractivity (Wildman–Crippen MR) is 155 cm³/mol. The molecule has 11 unspecified atom stereocenters. The van der Waals surface area contributed by atoms with E-state index in [9.17, 15) is 0 Å². The number of fused-ring (bicyclic) bond motifs is 1. The fraction of sp³-hybridized carbons (Fsp3) is 1.00. The molecule has 0 heteroatoms. The van der Waals surface area contributed by atoms with Crippen molar-refractivity contribution >= 4 is 0 Å². The largest absolute Gasteiger partial charge is 0.0622 e. The molecule has 0 aliphatic heterocycles. The molecule has 0 aromatic rings. The van der Waals surface area contributed by atoms with Crippen LogP contribution < -0.4 is 0 Å². The first-order valence-electron chi connectivity index (χ1n) is 16.6. The lowest BCUT2D eigenvalue weighted by Gasteiger charge is -2.47. The molecule has 0 bridgehead atoms. The summed E-state index contributed by atoms with van der Waals surface area (Å²) in [5.74, 6) is 2.91. The molecule has 8 rings (SSSR count). The second-order valence-electron chi connectivity index (χ2n) is 20.6. The Bertz CT molecular complexity index is 1160. The summed E-state index contributed by atoms with van der Waals surface area (Å²) >= 11 is 0. The van der Waals surface area contributed by atoms with Crippen molar-refractivity contribution in [2.24, 2.45) is 82.7 Å². The summed E-state index contributed by atoms with van der Waals surface area (Å²) in [6.07, 6.45) is 13.7. The van der Waals surface area contributed by atoms with Gasteiger partial charge in [0.05, 0.1) is 0 Å². The average molecular weight is 505 g/mol. The number of rotatable bonds is 6. The van der Waals surface area contributed by atoms with E-state index in [0.717, 1.165) is 28.6 Å². The third-order valence-electron chi connectivity index (χ3n) is 20.2. The molecule has 0 amide bonds. The lowest BCUT2D eigenvalue weighted by Crippen LogP contribution is -2.40. The zero-order valence-corrected chi connectivity index (χ0v) is 27.1. The van der Waals surface area contributed by atoms with E-state index in [1.165, 1.54) is 25.7 Å². The van der Waals surface area contributed by atoms with Crippen molar-refractivity contribution < 1.29 is 0 Å². The van der Waals surface area contributed by atoms with Gasteiger partial charge in [-0.1, -0.05) is 90.0 Å². The highest BCUT2D eigenvalue weighted by Gasteiger charge is 2.97. The van der Waals surface area contributed by atoms with Crippen LogP contribution in [0.5, 0.6) is 0 Å². The quantitative estimate of drug-likeness (QED) is 0.337. The third-order valence-corrected chi connectivity index (χ3v) is 20.2. The number of hydrogen-bond acceptors (Lipinski definition) is 0. The van der Waals surface area contributed by atoms with Crippen LogP contribution >= 0.6 is 0 Å². The SMILES string of the molecule is CC(C)C1(C)CC12CC21CC1(C)C1CC(C2(C)CC2(C)C2(C)CC2(C)C2(C)CC2(C)C2(C)CC2(C)C)C1. The van der Waals surface area contributed by atoms with Gasteiger partial charge < -0.3 is 0 Å². The van der Waals surface area contributed by atoms with E-state index in [-0.39, 0.29) is 0 Å².